The summed E-state index contributed by atoms with van der Waals surface area (Å²) in [6, 6.07) is 17.9. The van der Waals surface area contributed by atoms with Gasteiger partial charge in [0, 0.05) is 24.0 Å². The topological polar surface area (TPSA) is 182 Å². The number of fused-ring (bicyclic) bond motifs is 3. The van der Waals surface area contributed by atoms with Crippen LogP contribution in [0, 0.1) is 0 Å². The van der Waals surface area contributed by atoms with E-state index < -0.39 is 17.1 Å². The summed E-state index contributed by atoms with van der Waals surface area (Å²) in [7, 11) is 4.61. The van der Waals surface area contributed by atoms with Gasteiger partial charge in [-0.25, -0.2) is 14.4 Å². The van der Waals surface area contributed by atoms with Crippen molar-refractivity contribution in [2.45, 2.75) is 28.2 Å². The number of nitrogens with zero attached hydrogens (tertiary/aromatic N) is 2. The molecule has 3 aromatic heterocycles. The van der Waals surface area contributed by atoms with Crippen LogP contribution in [0.2, 0.25) is 5.02 Å². The lowest BCUT2D eigenvalue weighted by Gasteiger charge is -2.09. The molecule has 0 saturated heterocycles. The number of carbonyl (C=O) groups excluding carboxylic acids is 3. The monoisotopic (exact) mass is 911 g/mol. The molecule has 1 N–H and O–H groups in total. The summed E-state index contributed by atoms with van der Waals surface area (Å²) >= 11 is 20.1. The Bertz CT molecular complexity index is 2490. The number of H-pyrrole nitrogens is 1. The fourth-order valence-corrected chi connectivity index (χ4v) is 5.40. The molecule has 14 nitrogen and oxygen atoms in total. The summed E-state index contributed by atoms with van der Waals surface area (Å²) in [6.45, 7) is 6.06. The fraction of sp³-hybridized carbons (Fsp3) is 0.250. The van der Waals surface area contributed by atoms with Crippen molar-refractivity contribution in [3.8, 4) is 17.2 Å². The van der Waals surface area contributed by atoms with Crippen LogP contribution in [0.15, 0.2) is 84.0 Å². The summed E-state index contributed by atoms with van der Waals surface area (Å²) in [5, 5.41) is -1.14. The molecule has 0 unspecified atom stereocenters. The maximum Gasteiger partial charge on any atom is 0.343 e. The van der Waals surface area contributed by atoms with Crippen molar-refractivity contribution in [1.29, 1.82) is 0 Å². The van der Waals surface area contributed by atoms with Crippen LogP contribution < -0.4 is 19.6 Å². The quantitative estimate of drug-likeness (QED) is 0.0822. The second kappa shape index (κ2) is 24.1. The van der Waals surface area contributed by atoms with Gasteiger partial charge in [0.05, 0.1) is 84.6 Å². The van der Waals surface area contributed by atoms with Gasteiger partial charge < -0.3 is 33.4 Å². The van der Waals surface area contributed by atoms with E-state index in [0.29, 0.717) is 62.9 Å². The van der Waals surface area contributed by atoms with E-state index in [1.807, 2.05) is 24.3 Å². The molecule has 19 heteroatoms. The Morgan fingerprint density at radius 3 is 1.71 bits per heavy atom. The molecule has 0 bridgehead atoms. The van der Waals surface area contributed by atoms with Crippen LogP contribution in [0.25, 0.3) is 32.7 Å². The van der Waals surface area contributed by atoms with Crippen LogP contribution in [0.3, 0.4) is 0 Å². The van der Waals surface area contributed by atoms with Gasteiger partial charge in [-0.15, -0.1) is 0 Å². The van der Waals surface area contributed by atoms with Crippen molar-refractivity contribution in [2.24, 2.45) is 0 Å². The van der Waals surface area contributed by atoms with E-state index in [9.17, 15) is 23.7 Å². The molecule has 3 heterocycles. The highest BCUT2D eigenvalue weighted by molar-refractivity contribution is 8.24. The molecule has 6 aromatic rings. The molecule has 0 saturated carbocycles. The Balaban J connectivity index is 0.000000286. The third kappa shape index (κ3) is 14.0. The van der Waals surface area contributed by atoms with E-state index in [2.05, 4.69) is 48.7 Å². The molecule has 0 aliphatic heterocycles. The van der Waals surface area contributed by atoms with Crippen molar-refractivity contribution in [2.75, 3.05) is 41.2 Å². The van der Waals surface area contributed by atoms with Gasteiger partial charge in [0.2, 0.25) is 5.43 Å². The zero-order valence-corrected chi connectivity index (χ0v) is 35.9. The first-order chi connectivity index (χ1) is 27.6. The standard InChI is InChI=1S/C13H12ClNO3.C13H13NO4.C13H13NO3.CH4.Cl3OP/c1-3-18-13(16)8-7-15-9-5-4-6-10(17-2)11(9)12(8)14;1-3-18-13(16)8-7-14-9-5-4-6-10(17-2)11(9)12(8)15;1-3-17-13(15)9-7-10-11(14-8-9)5-4-6-12(10)16-2;;1-5(2,3)4/h4-7H,3H2,1-2H3;4-7H,3H2,1-2H3,(H,14,15);4-8H,3H2,1-2H3;1H4;. The second-order valence-corrected chi connectivity index (χ2v) is 18.1. The van der Waals surface area contributed by atoms with E-state index >= 15 is 0 Å². The fourth-order valence-electron chi connectivity index (χ4n) is 5.09. The lowest BCUT2D eigenvalue weighted by molar-refractivity contribution is 0.0515. The molecule has 6 rings (SSSR count). The van der Waals surface area contributed by atoms with Gasteiger partial charge in [0.1, 0.15) is 22.8 Å². The van der Waals surface area contributed by atoms with Crippen molar-refractivity contribution < 1.29 is 47.4 Å². The lowest BCUT2D eigenvalue weighted by Crippen LogP contribution is -2.18. The highest BCUT2D eigenvalue weighted by Gasteiger charge is 2.18. The zero-order chi connectivity index (χ0) is 43.0. The SMILES string of the molecule is C.CCOC(=O)c1c[nH]c2cccc(OC)c2c1=O.CCOC(=O)c1cnc2cccc(OC)c2c1.CCOC(=O)c1cnc2cccc(OC)c2c1Cl.O=P(Cl)(Cl)Cl. The number of benzene rings is 3. The third-order valence-corrected chi connectivity index (χ3v) is 7.90. The number of halogens is 4. The maximum atomic E-state index is 12.2. The molecule has 0 radical (unpaired) electrons. The van der Waals surface area contributed by atoms with Gasteiger partial charge in [-0.3, -0.25) is 19.3 Å². The second-order valence-electron chi connectivity index (χ2n) is 11.1. The van der Waals surface area contributed by atoms with E-state index in [1.165, 1.54) is 25.7 Å². The van der Waals surface area contributed by atoms with Crippen LogP contribution in [0.5, 0.6) is 17.2 Å². The molecule has 0 spiro atoms. The molecule has 0 aliphatic rings. The van der Waals surface area contributed by atoms with Crippen LogP contribution in [0.1, 0.15) is 59.3 Å². The number of carbonyl (C=O) groups is 3. The van der Waals surface area contributed by atoms with Crippen molar-refractivity contribution in [3.63, 3.8) is 0 Å². The van der Waals surface area contributed by atoms with E-state index in [4.69, 9.17) is 40.0 Å². The van der Waals surface area contributed by atoms with Crippen LogP contribution in [0.4, 0.5) is 0 Å². The normalized spacial score (nSPS) is 10.3. The minimum Gasteiger partial charge on any atom is -0.496 e. The number of hydrogen-bond donors (Lipinski definition) is 1. The Hall–Kier alpha value is -5.11. The van der Waals surface area contributed by atoms with Crippen LogP contribution in [-0.2, 0) is 18.8 Å². The molecule has 0 fully saturated rings. The molecule has 0 atom stereocenters. The number of rotatable bonds is 9. The van der Waals surface area contributed by atoms with Crippen LogP contribution in [-0.4, -0.2) is 74.0 Å². The minimum atomic E-state index is -3.22. The average Bonchev–Trinajstić information content (AvgIpc) is 3.20. The Labute approximate surface area is 359 Å². The molecule has 0 aliphatic carbocycles. The number of aromatic nitrogens is 3. The summed E-state index contributed by atoms with van der Waals surface area (Å²) in [4.78, 5) is 58.5. The van der Waals surface area contributed by atoms with Crippen molar-refractivity contribution in [3.05, 3.63) is 111 Å². The number of esters is 3. The molecule has 0 amide bonds. The molecule has 316 valence electrons. The number of pyridine rings is 3. The van der Waals surface area contributed by atoms with Crippen LogP contribution >= 0.6 is 50.5 Å². The van der Waals surface area contributed by atoms with E-state index in [1.54, 1.807) is 71.4 Å². The molecular formula is C40H42Cl4N3O11P. The summed E-state index contributed by atoms with van der Waals surface area (Å²) < 4.78 is 39.8. The highest BCUT2D eigenvalue weighted by atomic mass is 36.0. The molecular weight excluding hydrogens is 871 g/mol. The first kappa shape index (κ1) is 50.0. The average molecular weight is 914 g/mol. The van der Waals surface area contributed by atoms with E-state index in [0.717, 1.165) is 10.9 Å². The highest BCUT2D eigenvalue weighted by Crippen LogP contribution is 2.61. The molecule has 59 heavy (non-hydrogen) atoms. The van der Waals surface area contributed by atoms with Gasteiger partial charge in [-0.05, 0) is 97.0 Å². The summed E-state index contributed by atoms with van der Waals surface area (Å²) in [5.41, 5.74) is 2.35. The first-order valence-electron chi connectivity index (χ1n) is 17.1. The van der Waals surface area contributed by atoms with Crippen molar-refractivity contribution in [1.82, 2.24) is 15.0 Å². The Morgan fingerprint density at radius 1 is 0.678 bits per heavy atom. The third-order valence-electron chi connectivity index (χ3n) is 7.51. The maximum absolute atomic E-state index is 12.2. The molecule has 3 aromatic carbocycles. The number of ether oxygens (including phenoxy) is 6. The van der Waals surface area contributed by atoms with Gasteiger partial charge in [0.15, 0.2) is 0 Å². The number of methoxy groups -OCH3 is 3. The van der Waals surface area contributed by atoms with Gasteiger partial charge in [-0.2, -0.15) is 0 Å². The van der Waals surface area contributed by atoms with Gasteiger partial charge in [-0.1, -0.05) is 37.2 Å². The van der Waals surface area contributed by atoms with Gasteiger partial charge in [0.25, 0.3) is 0 Å². The van der Waals surface area contributed by atoms with Crippen molar-refractivity contribution >= 4 is 101 Å². The predicted molar refractivity (Wildman–Crippen MR) is 232 cm³/mol. The minimum absolute atomic E-state index is 0. The Kier molecular flexibility index (Phi) is 20.4. The Morgan fingerprint density at radius 2 is 1.15 bits per heavy atom. The number of hydrogen-bond acceptors (Lipinski definition) is 13. The lowest BCUT2D eigenvalue weighted by atomic mass is 10.1. The predicted octanol–water partition coefficient (Wildman–Crippen LogP) is 10.7. The van der Waals surface area contributed by atoms with E-state index in [-0.39, 0.29) is 36.6 Å². The van der Waals surface area contributed by atoms with Gasteiger partial charge >= 0.3 is 23.1 Å². The summed E-state index contributed by atoms with van der Waals surface area (Å²) in [6.07, 6.45) is 4.30. The smallest absolute Gasteiger partial charge is 0.343 e. The number of aromatic amines is 1. The number of nitrogens with one attached hydrogen (secondary N) is 1. The largest absolute Gasteiger partial charge is 0.496 e. The zero-order valence-electron chi connectivity index (χ0n) is 32.0. The summed E-state index contributed by atoms with van der Waals surface area (Å²) in [5.74, 6) is 0.222. The first-order valence-corrected chi connectivity index (χ1v) is 21.9.